The average Bonchev–Trinajstić information content (AvgIpc) is 3.08. The number of rotatable bonds is 4. The third-order valence-corrected chi connectivity index (χ3v) is 4.18. The van der Waals surface area contributed by atoms with E-state index in [-0.39, 0.29) is 18.1 Å². The normalized spacial score (nSPS) is 20.2. The van der Waals surface area contributed by atoms with Crippen LogP contribution in [0.1, 0.15) is 22.1 Å². The van der Waals surface area contributed by atoms with Crippen molar-refractivity contribution in [2.45, 2.75) is 12.1 Å². The van der Waals surface area contributed by atoms with E-state index in [1.165, 1.54) is 0 Å². The number of benzene rings is 1. The molecule has 0 radical (unpaired) electrons. The van der Waals surface area contributed by atoms with Gasteiger partial charge in [-0.2, -0.15) is 5.10 Å². The van der Waals surface area contributed by atoms with Gasteiger partial charge in [0.15, 0.2) is 0 Å². The quantitative estimate of drug-likeness (QED) is 0.895. The maximum Gasteiger partial charge on any atom is 0.269 e. The first-order chi connectivity index (χ1) is 11.1. The van der Waals surface area contributed by atoms with Crippen molar-refractivity contribution in [1.29, 1.82) is 0 Å². The fraction of sp³-hybridized carbons (Fsp3) is 0.375. The van der Waals surface area contributed by atoms with E-state index in [1.54, 1.807) is 12.3 Å². The van der Waals surface area contributed by atoms with Gasteiger partial charge < -0.3 is 15.0 Å². The number of nitrogens with zero attached hydrogens (tertiary/aromatic N) is 2. The maximum absolute atomic E-state index is 12.4. The molecule has 0 spiro atoms. The van der Waals surface area contributed by atoms with Gasteiger partial charge in [0.05, 0.1) is 18.8 Å². The van der Waals surface area contributed by atoms with Gasteiger partial charge in [-0.15, -0.1) is 0 Å². The molecular formula is C16H19ClN4O2. The van der Waals surface area contributed by atoms with Crippen LogP contribution < -0.4 is 5.32 Å². The predicted molar refractivity (Wildman–Crippen MR) is 87.5 cm³/mol. The number of hydrogen-bond acceptors (Lipinski definition) is 4. The summed E-state index contributed by atoms with van der Waals surface area (Å²) in [5.41, 5.74) is 1.38. The van der Waals surface area contributed by atoms with Crippen LogP contribution in [-0.2, 0) is 4.74 Å². The molecule has 1 amide bonds. The average molecular weight is 335 g/mol. The largest absolute Gasteiger partial charge is 0.373 e. The third kappa shape index (κ3) is 3.90. The molecule has 1 saturated heterocycles. The standard InChI is InChI=1S/C16H19ClN4O2/c1-21-8-9-23-14(10-21)15(11-2-4-12(17)5-3-11)19-16(22)13-6-7-18-20-13/h2-7,14-15H,8-10H2,1H3,(H,18,20)(H,19,22)/t14-,15+/m0/s1. The van der Waals surface area contributed by atoms with E-state index in [0.717, 1.165) is 18.7 Å². The van der Waals surface area contributed by atoms with Gasteiger partial charge in [-0.05, 0) is 30.8 Å². The van der Waals surface area contributed by atoms with E-state index in [4.69, 9.17) is 16.3 Å². The zero-order chi connectivity index (χ0) is 16.2. The van der Waals surface area contributed by atoms with Gasteiger partial charge in [0, 0.05) is 24.3 Å². The van der Waals surface area contributed by atoms with Crippen LogP contribution in [0, 0.1) is 0 Å². The molecular weight excluding hydrogens is 316 g/mol. The Bertz CT molecular complexity index is 645. The van der Waals surface area contributed by atoms with Crippen molar-refractivity contribution in [3.63, 3.8) is 0 Å². The van der Waals surface area contributed by atoms with Gasteiger partial charge in [-0.1, -0.05) is 23.7 Å². The van der Waals surface area contributed by atoms with Crippen LogP contribution in [0.3, 0.4) is 0 Å². The molecule has 1 aliphatic rings. The maximum atomic E-state index is 12.4. The summed E-state index contributed by atoms with van der Waals surface area (Å²) < 4.78 is 5.90. The highest BCUT2D eigenvalue weighted by atomic mass is 35.5. The molecule has 0 saturated carbocycles. The highest BCUT2D eigenvalue weighted by Crippen LogP contribution is 2.24. The number of morpholine rings is 1. The van der Waals surface area contributed by atoms with Crippen LogP contribution >= 0.6 is 11.6 Å². The number of aromatic amines is 1. The minimum Gasteiger partial charge on any atom is -0.373 e. The van der Waals surface area contributed by atoms with Crippen LogP contribution in [0.2, 0.25) is 5.02 Å². The third-order valence-electron chi connectivity index (χ3n) is 3.93. The number of H-pyrrole nitrogens is 1. The van der Waals surface area contributed by atoms with Gasteiger partial charge in [0.1, 0.15) is 5.69 Å². The molecule has 122 valence electrons. The molecule has 0 unspecified atom stereocenters. The Morgan fingerprint density at radius 2 is 2.22 bits per heavy atom. The second-order valence-corrected chi connectivity index (χ2v) is 6.08. The van der Waals surface area contributed by atoms with Crippen molar-refractivity contribution in [2.75, 3.05) is 26.7 Å². The van der Waals surface area contributed by atoms with Crippen LogP contribution in [0.5, 0.6) is 0 Å². The summed E-state index contributed by atoms with van der Waals surface area (Å²) in [5.74, 6) is -0.209. The van der Waals surface area contributed by atoms with Crippen molar-refractivity contribution in [1.82, 2.24) is 20.4 Å². The molecule has 23 heavy (non-hydrogen) atoms. The van der Waals surface area contributed by atoms with E-state index < -0.39 is 0 Å². The fourth-order valence-electron chi connectivity index (χ4n) is 2.68. The van der Waals surface area contributed by atoms with Crippen LogP contribution in [0.4, 0.5) is 0 Å². The summed E-state index contributed by atoms with van der Waals surface area (Å²) in [6.07, 6.45) is 1.43. The molecule has 2 heterocycles. The van der Waals surface area contributed by atoms with Crippen molar-refractivity contribution in [3.8, 4) is 0 Å². The highest BCUT2D eigenvalue weighted by molar-refractivity contribution is 6.30. The lowest BCUT2D eigenvalue weighted by Crippen LogP contribution is -2.48. The molecule has 2 aromatic rings. The first-order valence-electron chi connectivity index (χ1n) is 7.49. The van der Waals surface area contributed by atoms with E-state index >= 15 is 0 Å². The summed E-state index contributed by atoms with van der Waals surface area (Å²) in [7, 11) is 2.05. The SMILES string of the molecule is CN1CCO[C@H]([C@H](NC(=O)c2ccn[nH]2)c2ccc(Cl)cc2)C1. The lowest BCUT2D eigenvalue weighted by Gasteiger charge is -2.35. The molecule has 3 rings (SSSR count). The Kier molecular flexibility index (Phi) is 4.95. The van der Waals surface area contributed by atoms with E-state index in [9.17, 15) is 4.79 Å². The van der Waals surface area contributed by atoms with Crippen molar-refractivity contribution < 1.29 is 9.53 Å². The van der Waals surface area contributed by atoms with Crippen LogP contribution in [-0.4, -0.2) is 53.9 Å². The Labute approximate surface area is 139 Å². The second kappa shape index (κ2) is 7.12. The number of ether oxygens (including phenoxy) is 1. The molecule has 6 nitrogen and oxygen atoms in total. The smallest absolute Gasteiger partial charge is 0.269 e. The zero-order valence-electron chi connectivity index (χ0n) is 12.8. The number of likely N-dealkylation sites (N-methyl/N-ethyl adjacent to an activating group) is 1. The second-order valence-electron chi connectivity index (χ2n) is 5.64. The minimum atomic E-state index is -0.259. The lowest BCUT2D eigenvalue weighted by molar-refractivity contribution is -0.0381. The number of carbonyl (C=O) groups is 1. The zero-order valence-corrected chi connectivity index (χ0v) is 13.6. The van der Waals surface area contributed by atoms with Crippen LogP contribution in [0.25, 0.3) is 0 Å². The Balaban J connectivity index is 1.83. The van der Waals surface area contributed by atoms with E-state index in [0.29, 0.717) is 17.3 Å². The monoisotopic (exact) mass is 334 g/mol. The number of hydrogen-bond donors (Lipinski definition) is 2. The highest BCUT2D eigenvalue weighted by Gasteiger charge is 2.30. The van der Waals surface area contributed by atoms with Gasteiger partial charge >= 0.3 is 0 Å². The van der Waals surface area contributed by atoms with E-state index in [2.05, 4.69) is 20.4 Å². The van der Waals surface area contributed by atoms with Gasteiger partial charge in [-0.25, -0.2) is 0 Å². The minimum absolute atomic E-state index is 0.123. The van der Waals surface area contributed by atoms with Gasteiger partial charge in [0.2, 0.25) is 0 Å². The first-order valence-corrected chi connectivity index (χ1v) is 7.87. The lowest BCUT2D eigenvalue weighted by atomic mass is 9.99. The Hall–Kier alpha value is -1.89. The molecule has 1 aliphatic heterocycles. The Morgan fingerprint density at radius 3 is 2.87 bits per heavy atom. The molecule has 7 heteroatoms. The molecule has 2 atom stereocenters. The molecule has 2 N–H and O–H groups in total. The first kappa shape index (κ1) is 16.0. The van der Waals surface area contributed by atoms with Crippen molar-refractivity contribution in [3.05, 3.63) is 52.8 Å². The molecule has 0 aliphatic carbocycles. The molecule has 0 bridgehead atoms. The summed E-state index contributed by atoms with van der Waals surface area (Å²) in [6, 6.07) is 8.85. The van der Waals surface area contributed by atoms with Crippen molar-refractivity contribution in [2.24, 2.45) is 0 Å². The predicted octanol–water partition coefficient (Wildman–Crippen LogP) is 1.86. The summed E-state index contributed by atoms with van der Waals surface area (Å²) in [4.78, 5) is 14.6. The summed E-state index contributed by atoms with van der Waals surface area (Å²) >= 11 is 5.97. The summed E-state index contributed by atoms with van der Waals surface area (Å²) in [5, 5.41) is 10.2. The number of aromatic nitrogens is 2. The van der Waals surface area contributed by atoms with Crippen LogP contribution in [0.15, 0.2) is 36.5 Å². The van der Waals surface area contributed by atoms with Gasteiger partial charge in [0.25, 0.3) is 5.91 Å². The van der Waals surface area contributed by atoms with Crippen molar-refractivity contribution >= 4 is 17.5 Å². The number of halogens is 1. The number of amides is 1. The summed E-state index contributed by atoms with van der Waals surface area (Å²) in [6.45, 7) is 2.28. The molecule has 1 aromatic carbocycles. The molecule has 1 fully saturated rings. The number of carbonyl (C=O) groups excluding carboxylic acids is 1. The topological polar surface area (TPSA) is 70.2 Å². The fourth-order valence-corrected chi connectivity index (χ4v) is 2.80. The molecule has 1 aromatic heterocycles. The van der Waals surface area contributed by atoms with E-state index in [1.807, 2.05) is 31.3 Å². The van der Waals surface area contributed by atoms with Gasteiger partial charge in [-0.3, -0.25) is 9.89 Å². The number of nitrogens with one attached hydrogen (secondary N) is 2. The Morgan fingerprint density at radius 1 is 1.43 bits per heavy atom.